The first kappa shape index (κ1) is 14.6. The summed E-state index contributed by atoms with van der Waals surface area (Å²) in [6.07, 6.45) is 4.74. The molecular weight excluding hydrogens is 252 g/mol. The van der Waals surface area contributed by atoms with Crippen LogP contribution in [0.3, 0.4) is 0 Å². The standard InChI is InChI=1S/C16H26O2Si/c1-12(2)19(17,13(3)4)18-16-11-7-9-14-8-5-6-10-15(14)16/h7,9,11-13,17H,5-6,8,10H2,1-4H3. The van der Waals surface area contributed by atoms with Gasteiger partial charge < -0.3 is 9.22 Å². The summed E-state index contributed by atoms with van der Waals surface area (Å²) in [4.78, 5) is 10.9. The zero-order chi connectivity index (χ0) is 14.0. The van der Waals surface area contributed by atoms with Gasteiger partial charge in [0.05, 0.1) is 0 Å². The average molecular weight is 278 g/mol. The minimum atomic E-state index is -2.70. The van der Waals surface area contributed by atoms with Crippen molar-refractivity contribution in [3.05, 3.63) is 29.3 Å². The van der Waals surface area contributed by atoms with E-state index in [0.717, 1.165) is 18.6 Å². The second kappa shape index (κ2) is 5.67. The summed E-state index contributed by atoms with van der Waals surface area (Å²) in [6.45, 7) is 8.28. The highest BCUT2D eigenvalue weighted by Crippen LogP contribution is 2.36. The molecule has 0 saturated carbocycles. The Morgan fingerprint density at radius 2 is 1.68 bits per heavy atom. The van der Waals surface area contributed by atoms with Gasteiger partial charge in [0, 0.05) is 11.1 Å². The van der Waals surface area contributed by atoms with E-state index in [2.05, 4.69) is 39.8 Å². The minimum Gasteiger partial charge on any atom is -0.520 e. The lowest BCUT2D eigenvalue weighted by molar-refractivity contribution is 0.338. The van der Waals surface area contributed by atoms with Crippen LogP contribution in [-0.2, 0) is 12.8 Å². The second-order valence-electron chi connectivity index (χ2n) is 6.26. The lowest BCUT2D eigenvalue weighted by Crippen LogP contribution is -2.48. The van der Waals surface area contributed by atoms with Crippen molar-refractivity contribution in [1.29, 1.82) is 0 Å². The molecular formula is C16H26O2Si. The quantitative estimate of drug-likeness (QED) is 0.836. The molecule has 0 bridgehead atoms. The van der Waals surface area contributed by atoms with Gasteiger partial charge in [-0.2, -0.15) is 0 Å². The molecule has 2 rings (SSSR count). The van der Waals surface area contributed by atoms with Crippen LogP contribution < -0.4 is 4.43 Å². The predicted molar refractivity (Wildman–Crippen MR) is 81.9 cm³/mol. The Hall–Kier alpha value is -0.803. The summed E-state index contributed by atoms with van der Waals surface area (Å²) < 4.78 is 6.22. The summed E-state index contributed by atoms with van der Waals surface area (Å²) >= 11 is 0. The maximum absolute atomic E-state index is 10.9. The Morgan fingerprint density at radius 1 is 1.05 bits per heavy atom. The van der Waals surface area contributed by atoms with Gasteiger partial charge in [0.25, 0.3) is 0 Å². The van der Waals surface area contributed by atoms with Crippen molar-refractivity contribution in [2.75, 3.05) is 0 Å². The molecule has 1 aromatic carbocycles. The number of aryl methyl sites for hydroxylation is 1. The molecule has 0 aromatic heterocycles. The fourth-order valence-corrected chi connectivity index (χ4v) is 5.27. The third-order valence-corrected chi connectivity index (χ3v) is 8.14. The maximum Gasteiger partial charge on any atom is 0.401 e. The van der Waals surface area contributed by atoms with Gasteiger partial charge in [0.1, 0.15) is 5.75 Å². The van der Waals surface area contributed by atoms with Crippen molar-refractivity contribution in [2.45, 2.75) is 64.5 Å². The maximum atomic E-state index is 10.9. The van der Waals surface area contributed by atoms with Crippen molar-refractivity contribution in [2.24, 2.45) is 0 Å². The molecule has 1 aromatic rings. The molecule has 0 fully saturated rings. The van der Waals surface area contributed by atoms with E-state index in [9.17, 15) is 4.80 Å². The zero-order valence-corrected chi connectivity index (χ0v) is 13.6. The lowest BCUT2D eigenvalue weighted by atomic mass is 9.91. The van der Waals surface area contributed by atoms with Crippen molar-refractivity contribution in [1.82, 2.24) is 0 Å². The molecule has 0 amide bonds. The molecule has 0 spiro atoms. The highest BCUT2D eigenvalue weighted by molar-refractivity contribution is 6.69. The molecule has 19 heavy (non-hydrogen) atoms. The Morgan fingerprint density at radius 3 is 2.32 bits per heavy atom. The lowest BCUT2D eigenvalue weighted by Gasteiger charge is -2.34. The second-order valence-corrected chi connectivity index (χ2v) is 10.3. The van der Waals surface area contributed by atoms with E-state index >= 15 is 0 Å². The molecule has 0 saturated heterocycles. The smallest absolute Gasteiger partial charge is 0.401 e. The van der Waals surface area contributed by atoms with Crippen molar-refractivity contribution in [3.8, 4) is 5.75 Å². The highest BCUT2D eigenvalue weighted by Gasteiger charge is 2.44. The Balaban J connectivity index is 2.32. The summed E-state index contributed by atoms with van der Waals surface area (Å²) in [5.74, 6) is 0.939. The Bertz CT molecular complexity index is 432. The number of benzene rings is 1. The highest BCUT2D eigenvalue weighted by atomic mass is 28.4. The van der Waals surface area contributed by atoms with E-state index in [4.69, 9.17) is 4.43 Å². The first-order chi connectivity index (χ1) is 8.95. The Labute approximate surface area is 118 Å². The van der Waals surface area contributed by atoms with Crippen LogP contribution in [0.4, 0.5) is 0 Å². The largest absolute Gasteiger partial charge is 0.520 e. The molecule has 0 heterocycles. The van der Waals surface area contributed by atoms with E-state index in [0.29, 0.717) is 0 Å². The SMILES string of the molecule is CC(C)[Si](O)(Oc1cccc2c1CCCC2)C(C)C. The van der Waals surface area contributed by atoms with Gasteiger partial charge in [-0.1, -0.05) is 39.8 Å². The molecule has 1 aliphatic rings. The van der Waals surface area contributed by atoms with Gasteiger partial charge in [-0.15, -0.1) is 0 Å². The van der Waals surface area contributed by atoms with Gasteiger partial charge in [-0.25, -0.2) is 0 Å². The molecule has 2 nitrogen and oxygen atoms in total. The van der Waals surface area contributed by atoms with Crippen LogP contribution in [0.2, 0.25) is 11.1 Å². The number of hydrogen-bond acceptors (Lipinski definition) is 2. The summed E-state index contributed by atoms with van der Waals surface area (Å²) in [5.41, 5.74) is 3.15. The minimum absolute atomic E-state index is 0.201. The molecule has 0 unspecified atom stereocenters. The molecule has 3 heteroatoms. The van der Waals surface area contributed by atoms with Crippen LogP contribution in [0.25, 0.3) is 0 Å². The average Bonchev–Trinajstić information content (AvgIpc) is 2.38. The van der Waals surface area contributed by atoms with Gasteiger partial charge in [0.2, 0.25) is 0 Å². The predicted octanol–water partition coefficient (Wildman–Crippen LogP) is 4.20. The van der Waals surface area contributed by atoms with Gasteiger partial charge in [-0.3, -0.25) is 0 Å². The number of fused-ring (bicyclic) bond motifs is 1. The summed E-state index contributed by atoms with van der Waals surface area (Å²) in [5, 5.41) is 0. The van der Waals surface area contributed by atoms with Crippen molar-refractivity contribution < 1.29 is 9.22 Å². The van der Waals surface area contributed by atoms with Gasteiger partial charge in [-0.05, 0) is 42.9 Å². The molecule has 1 N–H and O–H groups in total. The van der Waals surface area contributed by atoms with Crippen LogP contribution in [0.5, 0.6) is 5.75 Å². The molecule has 0 atom stereocenters. The number of hydrogen-bond donors (Lipinski definition) is 1. The van der Waals surface area contributed by atoms with Crippen molar-refractivity contribution in [3.63, 3.8) is 0 Å². The van der Waals surface area contributed by atoms with E-state index < -0.39 is 8.56 Å². The zero-order valence-electron chi connectivity index (χ0n) is 12.6. The third-order valence-electron chi connectivity index (χ3n) is 4.28. The van der Waals surface area contributed by atoms with E-state index in [1.165, 1.54) is 24.0 Å². The molecule has 106 valence electrons. The van der Waals surface area contributed by atoms with Crippen LogP contribution in [-0.4, -0.2) is 13.4 Å². The first-order valence-corrected chi connectivity index (χ1v) is 9.48. The summed E-state index contributed by atoms with van der Waals surface area (Å²) in [6, 6.07) is 6.30. The summed E-state index contributed by atoms with van der Waals surface area (Å²) in [7, 11) is -2.70. The fraction of sp³-hybridized carbons (Fsp3) is 0.625. The topological polar surface area (TPSA) is 29.5 Å². The third kappa shape index (κ3) is 2.87. The van der Waals surface area contributed by atoms with Crippen molar-refractivity contribution >= 4 is 8.56 Å². The van der Waals surface area contributed by atoms with E-state index in [1.807, 2.05) is 6.07 Å². The molecule has 0 aliphatic heterocycles. The van der Waals surface area contributed by atoms with Crippen LogP contribution in [0.1, 0.15) is 51.7 Å². The monoisotopic (exact) mass is 278 g/mol. The van der Waals surface area contributed by atoms with Crippen LogP contribution in [0.15, 0.2) is 18.2 Å². The van der Waals surface area contributed by atoms with Crippen LogP contribution in [0, 0.1) is 0 Å². The first-order valence-electron chi connectivity index (χ1n) is 7.47. The Kier molecular flexibility index (Phi) is 4.36. The fourth-order valence-electron chi connectivity index (χ4n) is 2.92. The molecule has 0 radical (unpaired) electrons. The van der Waals surface area contributed by atoms with E-state index in [1.54, 1.807) is 0 Å². The number of rotatable bonds is 4. The van der Waals surface area contributed by atoms with Crippen LogP contribution >= 0.6 is 0 Å². The van der Waals surface area contributed by atoms with Gasteiger partial charge >= 0.3 is 8.56 Å². The molecule has 1 aliphatic carbocycles. The van der Waals surface area contributed by atoms with Gasteiger partial charge in [0.15, 0.2) is 0 Å². The normalized spacial score (nSPS) is 15.7. The van der Waals surface area contributed by atoms with E-state index in [-0.39, 0.29) is 11.1 Å².